The summed E-state index contributed by atoms with van der Waals surface area (Å²) < 4.78 is 10.7. The lowest BCUT2D eigenvalue weighted by molar-refractivity contribution is -0.134. The molecule has 37 heavy (non-hydrogen) atoms. The van der Waals surface area contributed by atoms with Crippen LogP contribution in [0, 0.1) is 0 Å². The minimum atomic E-state index is -1.16. The van der Waals surface area contributed by atoms with E-state index in [0.29, 0.717) is 24.5 Å². The van der Waals surface area contributed by atoms with Crippen molar-refractivity contribution in [3.8, 4) is 11.5 Å². The Kier molecular flexibility index (Phi) is 6.81. The van der Waals surface area contributed by atoms with Gasteiger partial charge in [0.25, 0.3) is 5.91 Å². The SMILES string of the molecule is C[C@]1(Cc2ccc3c(c2)OCO3)NC(=O)N(CC(=O)NCCC(c2ccccc2)c2ccccc2)C1=O. The molecule has 2 aliphatic heterocycles. The molecule has 0 spiro atoms. The van der Waals surface area contributed by atoms with Gasteiger partial charge in [0.15, 0.2) is 11.5 Å². The van der Waals surface area contributed by atoms with E-state index in [1.807, 2.05) is 42.5 Å². The summed E-state index contributed by atoms with van der Waals surface area (Å²) >= 11 is 0. The van der Waals surface area contributed by atoms with Crippen LogP contribution in [-0.2, 0) is 16.0 Å². The predicted molar refractivity (Wildman–Crippen MR) is 137 cm³/mol. The number of fused-ring (bicyclic) bond motifs is 1. The zero-order valence-electron chi connectivity index (χ0n) is 20.6. The Labute approximate surface area is 215 Å². The molecule has 0 saturated carbocycles. The second-order valence-corrected chi connectivity index (χ2v) is 9.53. The minimum Gasteiger partial charge on any atom is -0.454 e. The molecule has 4 amide bonds. The van der Waals surface area contributed by atoms with E-state index >= 15 is 0 Å². The molecule has 3 aromatic rings. The number of benzene rings is 3. The maximum Gasteiger partial charge on any atom is 0.325 e. The van der Waals surface area contributed by atoms with Crippen molar-refractivity contribution in [1.82, 2.24) is 15.5 Å². The zero-order chi connectivity index (χ0) is 25.8. The molecule has 1 fully saturated rings. The van der Waals surface area contributed by atoms with Crippen molar-refractivity contribution in [2.75, 3.05) is 19.9 Å². The normalized spacial score (nSPS) is 18.3. The summed E-state index contributed by atoms with van der Waals surface area (Å²) in [6.07, 6.45) is 0.948. The van der Waals surface area contributed by atoms with Crippen LogP contribution in [0.25, 0.3) is 0 Å². The number of carbonyl (C=O) groups is 3. The molecule has 2 heterocycles. The number of carbonyl (C=O) groups excluding carboxylic acids is 3. The predicted octanol–water partition coefficient (Wildman–Crippen LogP) is 3.61. The number of nitrogens with one attached hydrogen (secondary N) is 2. The van der Waals surface area contributed by atoms with Crippen molar-refractivity contribution in [1.29, 1.82) is 0 Å². The minimum absolute atomic E-state index is 0.115. The van der Waals surface area contributed by atoms with Crippen molar-refractivity contribution in [2.24, 2.45) is 0 Å². The fourth-order valence-corrected chi connectivity index (χ4v) is 4.92. The van der Waals surface area contributed by atoms with Gasteiger partial charge in [0.2, 0.25) is 12.7 Å². The lowest BCUT2D eigenvalue weighted by Crippen LogP contribution is -2.47. The van der Waals surface area contributed by atoms with Crippen LogP contribution in [0.1, 0.15) is 36.0 Å². The Morgan fingerprint density at radius 1 is 0.973 bits per heavy atom. The zero-order valence-corrected chi connectivity index (χ0v) is 20.6. The number of hydrogen-bond acceptors (Lipinski definition) is 5. The van der Waals surface area contributed by atoms with Gasteiger partial charge in [-0.3, -0.25) is 14.5 Å². The van der Waals surface area contributed by atoms with Crippen LogP contribution in [0.4, 0.5) is 4.79 Å². The third-order valence-electron chi connectivity index (χ3n) is 6.80. The summed E-state index contributed by atoms with van der Waals surface area (Å²) in [5, 5.41) is 5.64. The number of urea groups is 1. The van der Waals surface area contributed by atoms with Crippen molar-refractivity contribution in [3.05, 3.63) is 95.6 Å². The van der Waals surface area contributed by atoms with Crippen molar-refractivity contribution >= 4 is 17.8 Å². The molecule has 8 heteroatoms. The number of rotatable bonds is 9. The molecular weight excluding hydrogens is 470 g/mol. The number of hydrogen-bond donors (Lipinski definition) is 2. The van der Waals surface area contributed by atoms with E-state index in [9.17, 15) is 14.4 Å². The van der Waals surface area contributed by atoms with E-state index in [1.165, 1.54) is 0 Å². The van der Waals surface area contributed by atoms with E-state index in [4.69, 9.17) is 9.47 Å². The first-order chi connectivity index (χ1) is 17.9. The van der Waals surface area contributed by atoms with Gasteiger partial charge in [-0.1, -0.05) is 66.7 Å². The van der Waals surface area contributed by atoms with Gasteiger partial charge in [0.1, 0.15) is 12.1 Å². The van der Waals surface area contributed by atoms with Crippen molar-refractivity contribution in [3.63, 3.8) is 0 Å². The second kappa shape index (κ2) is 10.3. The quantitative estimate of drug-likeness (QED) is 0.439. The van der Waals surface area contributed by atoms with E-state index in [1.54, 1.807) is 19.1 Å². The van der Waals surface area contributed by atoms with E-state index in [2.05, 4.69) is 34.9 Å². The lowest BCUT2D eigenvalue weighted by atomic mass is 9.88. The van der Waals surface area contributed by atoms with Crippen LogP contribution in [0.5, 0.6) is 11.5 Å². The molecule has 0 radical (unpaired) electrons. The van der Waals surface area contributed by atoms with Crippen LogP contribution in [0.15, 0.2) is 78.9 Å². The molecule has 0 aliphatic carbocycles. The highest BCUT2D eigenvalue weighted by Crippen LogP contribution is 2.34. The number of ether oxygens (including phenoxy) is 2. The highest BCUT2D eigenvalue weighted by Gasteiger charge is 2.48. The number of imide groups is 1. The summed E-state index contributed by atoms with van der Waals surface area (Å²) in [6, 6.07) is 25.1. The van der Waals surface area contributed by atoms with Gasteiger partial charge >= 0.3 is 6.03 Å². The molecule has 8 nitrogen and oxygen atoms in total. The summed E-state index contributed by atoms with van der Waals surface area (Å²) in [6.45, 7) is 1.90. The number of nitrogens with zero attached hydrogens (tertiary/aromatic N) is 1. The van der Waals surface area contributed by atoms with Crippen molar-refractivity contribution < 1.29 is 23.9 Å². The smallest absolute Gasteiger partial charge is 0.325 e. The maximum atomic E-state index is 13.2. The monoisotopic (exact) mass is 499 g/mol. The average Bonchev–Trinajstić information content (AvgIpc) is 3.45. The Balaban J connectivity index is 1.18. The van der Waals surface area contributed by atoms with Gasteiger partial charge in [-0.05, 0) is 42.2 Å². The first kappa shape index (κ1) is 24.4. The first-order valence-electron chi connectivity index (χ1n) is 12.3. The Bertz CT molecular complexity index is 1260. The molecule has 0 bridgehead atoms. The second-order valence-electron chi connectivity index (χ2n) is 9.53. The van der Waals surface area contributed by atoms with Gasteiger partial charge in [-0.25, -0.2) is 4.79 Å². The summed E-state index contributed by atoms with van der Waals surface area (Å²) in [4.78, 5) is 39.5. The molecule has 190 valence electrons. The van der Waals surface area contributed by atoms with Crippen LogP contribution < -0.4 is 20.1 Å². The fraction of sp³-hybridized carbons (Fsp3) is 0.276. The third-order valence-corrected chi connectivity index (χ3v) is 6.80. The largest absolute Gasteiger partial charge is 0.454 e. The fourth-order valence-electron chi connectivity index (χ4n) is 4.92. The molecule has 0 aromatic heterocycles. The molecule has 1 saturated heterocycles. The van der Waals surface area contributed by atoms with Gasteiger partial charge in [-0.2, -0.15) is 0 Å². The summed E-state index contributed by atoms with van der Waals surface area (Å²) in [5.74, 6) is 0.561. The molecule has 0 unspecified atom stereocenters. The third kappa shape index (κ3) is 5.28. The van der Waals surface area contributed by atoms with Gasteiger partial charge in [0.05, 0.1) is 0 Å². The van der Waals surface area contributed by atoms with Crippen LogP contribution in [0.3, 0.4) is 0 Å². The molecule has 5 rings (SSSR count). The van der Waals surface area contributed by atoms with Crippen molar-refractivity contribution in [2.45, 2.75) is 31.2 Å². The average molecular weight is 500 g/mol. The van der Waals surface area contributed by atoms with Gasteiger partial charge in [-0.15, -0.1) is 0 Å². The molecular formula is C29H29N3O5. The van der Waals surface area contributed by atoms with Crippen LogP contribution >= 0.6 is 0 Å². The standard InChI is InChI=1S/C29H29N3O5/c1-29(17-20-12-13-24-25(16-20)37-19-36-24)27(34)32(28(35)31-29)18-26(33)30-15-14-23(21-8-4-2-5-9-21)22-10-6-3-7-11-22/h2-13,16,23H,14-15,17-19H2,1H3,(H,30,33)(H,31,35)/t29-/m1/s1. The Hall–Kier alpha value is -4.33. The van der Waals surface area contributed by atoms with Gasteiger partial charge in [0, 0.05) is 18.9 Å². The topological polar surface area (TPSA) is 97.0 Å². The molecule has 1 atom stereocenters. The highest BCUT2D eigenvalue weighted by atomic mass is 16.7. The van der Waals surface area contributed by atoms with E-state index in [0.717, 1.165) is 21.6 Å². The lowest BCUT2D eigenvalue weighted by Gasteiger charge is -2.22. The Morgan fingerprint density at radius 3 is 2.30 bits per heavy atom. The van der Waals surface area contributed by atoms with Gasteiger partial charge < -0.3 is 20.1 Å². The summed E-state index contributed by atoms with van der Waals surface area (Å²) in [7, 11) is 0. The van der Waals surface area contributed by atoms with Crippen LogP contribution in [0.2, 0.25) is 0 Å². The summed E-state index contributed by atoms with van der Waals surface area (Å²) in [5.41, 5.74) is 1.99. The van der Waals surface area contributed by atoms with E-state index < -0.39 is 17.5 Å². The highest BCUT2D eigenvalue weighted by molar-refractivity contribution is 6.08. The van der Waals surface area contributed by atoms with E-state index in [-0.39, 0.29) is 31.6 Å². The van der Waals surface area contributed by atoms with Crippen LogP contribution in [-0.4, -0.2) is 48.2 Å². The first-order valence-corrected chi connectivity index (χ1v) is 12.3. The maximum absolute atomic E-state index is 13.2. The Morgan fingerprint density at radius 2 is 1.62 bits per heavy atom. The molecule has 3 aromatic carbocycles. The number of amides is 4. The molecule has 2 N–H and O–H groups in total. The molecule has 2 aliphatic rings.